The normalized spacial score (nSPS) is 13.5. The molecule has 0 spiro atoms. The number of esters is 1. The number of aliphatic hydroxyl groups excluding tert-OH is 1. The fourth-order valence-corrected chi connectivity index (χ4v) is 1.84. The summed E-state index contributed by atoms with van der Waals surface area (Å²) in [6.07, 6.45) is -1.40. The molecule has 1 N–H and O–H groups in total. The van der Waals surface area contributed by atoms with Crippen molar-refractivity contribution in [2.45, 2.75) is 19.1 Å². The average molecular weight is 323 g/mol. The number of ether oxygens (including phenoxy) is 1. The van der Waals surface area contributed by atoms with Crippen molar-refractivity contribution in [2.24, 2.45) is 0 Å². The lowest BCUT2D eigenvalue weighted by molar-refractivity contribution is -0.149. The van der Waals surface area contributed by atoms with Crippen LogP contribution in [-0.2, 0) is 9.53 Å². The molecule has 0 fully saturated rings. The zero-order chi connectivity index (χ0) is 17.2. The predicted octanol–water partition coefficient (Wildman–Crippen LogP) is 1.24. The molecule has 1 aromatic carbocycles. The number of likely N-dealkylation sites (N-methyl/N-ethyl adjacent to an activating group) is 1. The summed E-state index contributed by atoms with van der Waals surface area (Å²) in [7, 11) is 1.99. The van der Waals surface area contributed by atoms with Gasteiger partial charge in [-0.1, -0.05) is 0 Å². The molecule has 22 heavy (non-hydrogen) atoms. The monoisotopic (exact) mass is 323 g/mol. The summed E-state index contributed by atoms with van der Waals surface area (Å²) in [5.74, 6) is -10.2. The number of carbonyl (C=O) groups is 2. The van der Waals surface area contributed by atoms with Gasteiger partial charge < -0.3 is 14.7 Å². The lowest BCUT2D eigenvalue weighted by Gasteiger charge is -2.28. The molecule has 9 heteroatoms. The van der Waals surface area contributed by atoms with Gasteiger partial charge in [-0.2, -0.15) is 0 Å². The largest absolute Gasteiger partial charge is 0.467 e. The minimum atomic E-state index is -2.15. The summed E-state index contributed by atoms with van der Waals surface area (Å²) >= 11 is 0. The van der Waals surface area contributed by atoms with Gasteiger partial charge in [0.15, 0.2) is 29.3 Å². The van der Waals surface area contributed by atoms with Crippen LogP contribution in [0.5, 0.6) is 0 Å². The molecule has 0 aromatic heterocycles. The van der Waals surface area contributed by atoms with E-state index >= 15 is 0 Å². The van der Waals surface area contributed by atoms with Crippen LogP contribution in [0.1, 0.15) is 17.3 Å². The summed E-state index contributed by atoms with van der Waals surface area (Å²) in [4.78, 5) is 24.1. The Hall–Kier alpha value is -2.16. The van der Waals surface area contributed by atoms with Crippen LogP contribution in [0, 0.1) is 23.3 Å². The smallest absolute Gasteiger partial charge is 0.331 e. The van der Waals surface area contributed by atoms with E-state index in [2.05, 4.69) is 4.74 Å². The number of hydrogen-bond donors (Lipinski definition) is 1. The van der Waals surface area contributed by atoms with E-state index in [1.807, 2.05) is 0 Å². The van der Waals surface area contributed by atoms with Crippen molar-refractivity contribution >= 4 is 11.9 Å². The third-order valence-corrected chi connectivity index (χ3v) is 2.97. The Kier molecular flexibility index (Phi) is 5.48. The summed E-state index contributed by atoms with van der Waals surface area (Å²) in [6.45, 7) is 1.16. The Balaban J connectivity index is 3.28. The van der Waals surface area contributed by atoms with Crippen LogP contribution < -0.4 is 0 Å². The number of aliphatic hydroxyl groups is 1. The first-order chi connectivity index (χ1) is 10.1. The Labute approximate surface area is 123 Å². The van der Waals surface area contributed by atoms with Crippen LogP contribution in [0.4, 0.5) is 17.6 Å². The van der Waals surface area contributed by atoms with Gasteiger partial charge >= 0.3 is 5.97 Å². The Bertz CT molecular complexity index is 606. The highest BCUT2D eigenvalue weighted by Gasteiger charge is 2.34. The molecule has 0 aliphatic carbocycles. The molecule has 2 unspecified atom stereocenters. The number of hydrogen-bond acceptors (Lipinski definition) is 4. The fourth-order valence-electron chi connectivity index (χ4n) is 1.84. The van der Waals surface area contributed by atoms with Crippen LogP contribution in [0.15, 0.2) is 6.07 Å². The molecule has 0 saturated heterocycles. The van der Waals surface area contributed by atoms with E-state index in [-0.39, 0.29) is 6.07 Å². The molecule has 0 heterocycles. The lowest BCUT2D eigenvalue weighted by atomic mass is 10.1. The molecule has 2 atom stereocenters. The Morgan fingerprint density at radius 1 is 1.18 bits per heavy atom. The quantitative estimate of drug-likeness (QED) is 0.392. The van der Waals surface area contributed by atoms with Gasteiger partial charge in [0.05, 0.1) is 18.8 Å². The number of rotatable bonds is 4. The number of benzene rings is 1. The highest BCUT2D eigenvalue weighted by Crippen LogP contribution is 2.21. The molecule has 1 aromatic rings. The maximum atomic E-state index is 13.6. The second-order valence-corrected chi connectivity index (χ2v) is 4.47. The molecule has 5 nitrogen and oxygen atoms in total. The molecule has 0 aliphatic heterocycles. The topological polar surface area (TPSA) is 66.8 Å². The third-order valence-electron chi connectivity index (χ3n) is 2.97. The molecule has 1 rings (SSSR count). The van der Waals surface area contributed by atoms with Crippen molar-refractivity contribution in [3.63, 3.8) is 0 Å². The van der Waals surface area contributed by atoms with E-state index in [1.165, 1.54) is 0 Å². The number of halogens is 4. The number of nitrogens with zero attached hydrogens (tertiary/aromatic N) is 1. The molecular weight excluding hydrogens is 310 g/mol. The van der Waals surface area contributed by atoms with E-state index in [1.54, 1.807) is 0 Å². The van der Waals surface area contributed by atoms with Crippen LogP contribution in [0.25, 0.3) is 0 Å². The summed E-state index contributed by atoms with van der Waals surface area (Å²) in [5, 5.41) is 9.51. The van der Waals surface area contributed by atoms with Gasteiger partial charge in [0, 0.05) is 7.05 Å². The molecule has 1 amide bonds. The molecule has 0 aliphatic rings. The molecule has 0 radical (unpaired) electrons. The van der Waals surface area contributed by atoms with Crippen molar-refractivity contribution < 1.29 is 37.0 Å². The van der Waals surface area contributed by atoms with Crippen LogP contribution in [-0.4, -0.2) is 48.2 Å². The van der Waals surface area contributed by atoms with E-state index in [9.17, 15) is 32.3 Å². The minimum absolute atomic E-state index is 0.170. The van der Waals surface area contributed by atoms with E-state index in [0.717, 1.165) is 21.1 Å². The number of amides is 1. The average Bonchev–Trinajstić information content (AvgIpc) is 2.47. The zero-order valence-corrected chi connectivity index (χ0v) is 11.9. The third kappa shape index (κ3) is 3.19. The summed E-state index contributed by atoms with van der Waals surface area (Å²) < 4.78 is 57.1. The maximum absolute atomic E-state index is 13.6. The first kappa shape index (κ1) is 17.9. The SMILES string of the molecule is COC(=O)C(C(C)O)N(C)C(=O)c1cc(F)c(F)c(F)c1F. The molecule has 0 bridgehead atoms. The van der Waals surface area contributed by atoms with Crippen LogP contribution in [0.3, 0.4) is 0 Å². The first-order valence-electron chi connectivity index (χ1n) is 5.99. The van der Waals surface area contributed by atoms with Gasteiger partial charge in [-0.15, -0.1) is 0 Å². The summed E-state index contributed by atoms with van der Waals surface area (Å²) in [5.41, 5.74) is -1.12. The minimum Gasteiger partial charge on any atom is -0.467 e. The maximum Gasteiger partial charge on any atom is 0.331 e. The summed E-state index contributed by atoms with van der Waals surface area (Å²) in [6, 6.07) is -1.36. The predicted molar refractivity (Wildman–Crippen MR) is 65.9 cm³/mol. The van der Waals surface area contributed by atoms with Gasteiger partial charge in [0.2, 0.25) is 0 Å². The van der Waals surface area contributed by atoms with Gasteiger partial charge in [-0.05, 0) is 13.0 Å². The van der Waals surface area contributed by atoms with Crippen molar-refractivity contribution in [3.8, 4) is 0 Å². The standard InChI is InChI=1S/C13H13F4NO4/c1-5(19)11(13(21)22-3)18(2)12(20)6-4-7(14)9(16)10(17)8(6)15/h4-5,11,19H,1-3H3. The second kappa shape index (κ2) is 6.73. The highest BCUT2D eigenvalue weighted by molar-refractivity contribution is 5.97. The molecule has 0 saturated carbocycles. The molecule has 122 valence electrons. The van der Waals surface area contributed by atoms with Crippen LogP contribution >= 0.6 is 0 Å². The Morgan fingerprint density at radius 3 is 2.18 bits per heavy atom. The van der Waals surface area contributed by atoms with Crippen molar-refractivity contribution in [2.75, 3.05) is 14.2 Å². The van der Waals surface area contributed by atoms with E-state index < -0.39 is 52.9 Å². The van der Waals surface area contributed by atoms with Crippen molar-refractivity contribution in [1.82, 2.24) is 4.90 Å². The Morgan fingerprint density at radius 2 is 1.73 bits per heavy atom. The van der Waals surface area contributed by atoms with Gasteiger partial charge in [-0.25, -0.2) is 22.4 Å². The van der Waals surface area contributed by atoms with Crippen molar-refractivity contribution in [1.29, 1.82) is 0 Å². The van der Waals surface area contributed by atoms with Gasteiger partial charge in [0.1, 0.15) is 0 Å². The van der Waals surface area contributed by atoms with E-state index in [4.69, 9.17) is 0 Å². The first-order valence-corrected chi connectivity index (χ1v) is 5.99. The zero-order valence-electron chi connectivity index (χ0n) is 11.9. The number of carbonyl (C=O) groups excluding carboxylic acids is 2. The number of methoxy groups -OCH3 is 1. The van der Waals surface area contributed by atoms with E-state index in [0.29, 0.717) is 4.90 Å². The van der Waals surface area contributed by atoms with Gasteiger partial charge in [0.25, 0.3) is 5.91 Å². The molecular formula is C13H13F4NO4. The second-order valence-electron chi connectivity index (χ2n) is 4.47. The highest BCUT2D eigenvalue weighted by atomic mass is 19.2. The fraction of sp³-hybridized carbons (Fsp3) is 0.385. The van der Waals surface area contributed by atoms with Gasteiger partial charge in [-0.3, -0.25) is 4.79 Å². The van der Waals surface area contributed by atoms with Crippen LogP contribution in [0.2, 0.25) is 0 Å². The lowest BCUT2D eigenvalue weighted by Crippen LogP contribution is -2.49. The van der Waals surface area contributed by atoms with Crippen molar-refractivity contribution in [3.05, 3.63) is 34.9 Å².